The number of carbonyl (C=O) groups is 4. The predicted octanol–water partition coefficient (Wildman–Crippen LogP) is 8.70. The summed E-state index contributed by atoms with van der Waals surface area (Å²) in [7, 11) is 0. The number of carbonyl (C=O) groups excluding carboxylic acids is 4. The standard InChI is InChI=1S/C36H60O5/c1-26(2)13-12-14-27(3)30-16-17-31-29(20-24-38)32(19-22-35(30,31)4)36(5)21-18-28(25-33(36)39)41-34(40)15-10-8-6-7-9-11-23-37/h23-24,26-32H,6-22,25H2,1-5H3/t27-,28+,29+,30-,31+,32+,35-,36-/m1/s1. The Morgan fingerprint density at radius 1 is 0.878 bits per heavy atom. The molecule has 234 valence electrons. The van der Waals surface area contributed by atoms with Crippen LogP contribution in [0.1, 0.15) is 150 Å². The molecule has 3 fully saturated rings. The van der Waals surface area contributed by atoms with Gasteiger partial charge in [0.15, 0.2) is 0 Å². The number of hydrogen-bond donors (Lipinski definition) is 0. The van der Waals surface area contributed by atoms with Gasteiger partial charge < -0.3 is 14.3 Å². The highest BCUT2D eigenvalue weighted by Gasteiger charge is 2.59. The van der Waals surface area contributed by atoms with Crippen LogP contribution in [0.2, 0.25) is 0 Å². The van der Waals surface area contributed by atoms with Crippen molar-refractivity contribution in [1.29, 1.82) is 0 Å². The van der Waals surface area contributed by atoms with Gasteiger partial charge in [-0.1, -0.05) is 73.1 Å². The summed E-state index contributed by atoms with van der Waals surface area (Å²) in [5, 5.41) is 0. The zero-order valence-corrected chi connectivity index (χ0v) is 27.0. The molecule has 0 aromatic rings. The molecule has 3 aliphatic rings. The number of ether oxygens (including phenoxy) is 1. The fourth-order valence-electron chi connectivity index (χ4n) is 9.45. The second-order valence-electron chi connectivity index (χ2n) is 15.0. The minimum atomic E-state index is -0.430. The van der Waals surface area contributed by atoms with Crippen LogP contribution in [0, 0.1) is 46.3 Å². The second kappa shape index (κ2) is 15.8. The van der Waals surface area contributed by atoms with Gasteiger partial charge in [-0.05, 0) is 92.3 Å². The van der Waals surface area contributed by atoms with Crippen LogP contribution in [0.15, 0.2) is 0 Å². The average Bonchev–Trinajstić information content (AvgIpc) is 3.28. The van der Waals surface area contributed by atoms with Gasteiger partial charge in [0, 0.05) is 31.1 Å². The van der Waals surface area contributed by atoms with Gasteiger partial charge in [-0.3, -0.25) is 9.59 Å². The van der Waals surface area contributed by atoms with Crippen LogP contribution in [-0.4, -0.2) is 30.4 Å². The first-order valence-electron chi connectivity index (χ1n) is 17.2. The van der Waals surface area contributed by atoms with E-state index in [4.69, 9.17) is 4.74 Å². The first-order valence-corrected chi connectivity index (χ1v) is 17.2. The predicted molar refractivity (Wildman–Crippen MR) is 164 cm³/mol. The first kappa shape index (κ1) is 34.0. The van der Waals surface area contributed by atoms with Crippen molar-refractivity contribution >= 4 is 24.3 Å². The summed E-state index contributed by atoms with van der Waals surface area (Å²) in [6, 6.07) is 0. The van der Waals surface area contributed by atoms with Crippen molar-refractivity contribution in [2.75, 3.05) is 0 Å². The van der Waals surface area contributed by atoms with E-state index in [-0.39, 0.29) is 35.1 Å². The van der Waals surface area contributed by atoms with Crippen molar-refractivity contribution in [2.45, 2.75) is 156 Å². The summed E-state index contributed by atoms with van der Waals surface area (Å²) < 4.78 is 5.77. The number of aldehydes is 2. The van der Waals surface area contributed by atoms with Gasteiger partial charge in [0.1, 0.15) is 24.5 Å². The number of rotatable bonds is 17. The van der Waals surface area contributed by atoms with Crippen LogP contribution >= 0.6 is 0 Å². The molecule has 0 amide bonds. The van der Waals surface area contributed by atoms with E-state index in [1.807, 2.05) is 0 Å². The Hall–Kier alpha value is -1.52. The number of esters is 1. The monoisotopic (exact) mass is 572 g/mol. The molecule has 0 aliphatic heterocycles. The summed E-state index contributed by atoms with van der Waals surface area (Å²) >= 11 is 0. The smallest absolute Gasteiger partial charge is 0.306 e. The minimum absolute atomic E-state index is 0.189. The van der Waals surface area contributed by atoms with E-state index in [0.717, 1.165) is 76.3 Å². The number of Topliss-reactive ketones (excluding diaryl/α,β-unsaturated/α-hetero) is 1. The van der Waals surface area contributed by atoms with Crippen LogP contribution in [0.25, 0.3) is 0 Å². The van der Waals surface area contributed by atoms with Crippen LogP contribution in [-0.2, 0) is 23.9 Å². The second-order valence-corrected chi connectivity index (χ2v) is 15.0. The van der Waals surface area contributed by atoms with Crippen molar-refractivity contribution in [2.24, 2.45) is 46.3 Å². The number of hydrogen-bond acceptors (Lipinski definition) is 5. The van der Waals surface area contributed by atoms with Gasteiger partial charge in [-0.2, -0.15) is 0 Å². The van der Waals surface area contributed by atoms with Crippen molar-refractivity contribution in [1.82, 2.24) is 0 Å². The van der Waals surface area contributed by atoms with Crippen LogP contribution < -0.4 is 0 Å². The summed E-state index contributed by atoms with van der Waals surface area (Å²) in [5.74, 6) is 3.26. The van der Waals surface area contributed by atoms with E-state index in [2.05, 4.69) is 34.6 Å². The summed E-state index contributed by atoms with van der Waals surface area (Å²) in [6.45, 7) is 11.7. The molecule has 3 aliphatic carbocycles. The van der Waals surface area contributed by atoms with Gasteiger partial charge in [0.05, 0.1) is 0 Å². The number of ketones is 1. The average molecular weight is 573 g/mol. The molecule has 0 radical (unpaired) electrons. The van der Waals surface area contributed by atoms with Crippen molar-refractivity contribution < 1.29 is 23.9 Å². The zero-order chi connectivity index (χ0) is 30.0. The molecule has 0 saturated heterocycles. The molecular formula is C36H60O5. The lowest BCUT2D eigenvalue weighted by atomic mass is 9.49. The molecule has 0 heterocycles. The molecular weight excluding hydrogens is 512 g/mol. The molecule has 0 unspecified atom stereocenters. The lowest BCUT2D eigenvalue weighted by Crippen LogP contribution is -2.52. The third-order valence-corrected chi connectivity index (χ3v) is 11.9. The lowest BCUT2D eigenvalue weighted by molar-refractivity contribution is -0.159. The topological polar surface area (TPSA) is 77.5 Å². The molecule has 3 rings (SSSR count). The van der Waals surface area contributed by atoms with Crippen molar-refractivity contribution in [3.05, 3.63) is 0 Å². The Bertz CT molecular complexity index is 866. The Kier molecular flexibility index (Phi) is 13.1. The maximum atomic E-state index is 13.8. The largest absolute Gasteiger partial charge is 0.462 e. The molecule has 41 heavy (non-hydrogen) atoms. The van der Waals surface area contributed by atoms with Gasteiger partial charge in [0.25, 0.3) is 0 Å². The maximum absolute atomic E-state index is 13.8. The van der Waals surface area contributed by atoms with Crippen LogP contribution in [0.3, 0.4) is 0 Å². The van der Waals surface area contributed by atoms with Crippen molar-refractivity contribution in [3.63, 3.8) is 0 Å². The third-order valence-electron chi connectivity index (χ3n) is 11.9. The Balaban J connectivity index is 1.56. The van der Waals surface area contributed by atoms with Gasteiger partial charge in [-0.15, -0.1) is 0 Å². The van der Waals surface area contributed by atoms with Gasteiger partial charge >= 0.3 is 5.97 Å². The fraction of sp³-hybridized carbons (Fsp3) is 0.889. The van der Waals surface area contributed by atoms with Gasteiger partial charge in [-0.25, -0.2) is 0 Å². The van der Waals surface area contributed by atoms with Gasteiger partial charge in [0.2, 0.25) is 0 Å². The fourth-order valence-corrected chi connectivity index (χ4v) is 9.45. The molecule has 0 bridgehead atoms. The SMILES string of the molecule is CC(C)CCC[C@@H](C)[C@H]1CC[C@H]2[C@H](CC=O)[C@@H]([C@@]3(C)CC[C@H](OC(=O)CCCCCCCC=O)CC3=O)CC[C@]12C. The van der Waals surface area contributed by atoms with E-state index in [1.165, 1.54) is 32.1 Å². The Morgan fingerprint density at radius 3 is 2.29 bits per heavy atom. The highest BCUT2D eigenvalue weighted by molar-refractivity contribution is 5.86. The van der Waals surface area contributed by atoms with E-state index < -0.39 is 5.41 Å². The highest BCUT2D eigenvalue weighted by Crippen LogP contribution is 2.64. The van der Waals surface area contributed by atoms with E-state index >= 15 is 0 Å². The normalized spacial score (nSPS) is 34.3. The third kappa shape index (κ3) is 8.53. The molecule has 0 N–H and O–H groups in total. The molecule has 5 nitrogen and oxygen atoms in total. The maximum Gasteiger partial charge on any atom is 0.306 e. The molecule has 5 heteroatoms. The van der Waals surface area contributed by atoms with Crippen LogP contribution in [0.4, 0.5) is 0 Å². The quantitative estimate of drug-likeness (QED) is 0.0989. The Morgan fingerprint density at radius 2 is 1.61 bits per heavy atom. The first-order chi connectivity index (χ1) is 19.6. The molecule has 8 atom stereocenters. The number of unbranched alkanes of at least 4 members (excludes halogenated alkanes) is 5. The number of fused-ring (bicyclic) bond motifs is 1. The molecule has 0 aromatic carbocycles. The summed E-state index contributed by atoms with van der Waals surface area (Å²) in [6.07, 6.45) is 18.4. The molecule has 0 spiro atoms. The minimum Gasteiger partial charge on any atom is -0.462 e. The molecule has 3 saturated carbocycles. The van der Waals surface area contributed by atoms with E-state index in [9.17, 15) is 19.2 Å². The summed E-state index contributed by atoms with van der Waals surface area (Å²) in [4.78, 5) is 48.6. The lowest BCUT2D eigenvalue weighted by Gasteiger charge is -2.55. The van der Waals surface area contributed by atoms with E-state index in [0.29, 0.717) is 43.4 Å². The highest BCUT2D eigenvalue weighted by atomic mass is 16.5. The zero-order valence-electron chi connectivity index (χ0n) is 27.0. The summed E-state index contributed by atoms with van der Waals surface area (Å²) in [5.41, 5.74) is -0.164. The van der Waals surface area contributed by atoms with Crippen LogP contribution in [0.5, 0.6) is 0 Å². The Labute approximate surface area is 250 Å². The van der Waals surface area contributed by atoms with Crippen molar-refractivity contribution in [3.8, 4) is 0 Å². The van der Waals surface area contributed by atoms with E-state index in [1.54, 1.807) is 0 Å². The molecule has 0 aromatic heterocycles.